The van der Waals surface area contributed by atoms with Crippen LogP contribution in [0.5, 0.6) is 0 Å². The van der Waals surface area contributed by atoms with Crippen molar-refractivity contribution in [2.24, 2.45) is 0 Å². The molecule has 0 fully saturated rings. The smallest absolute Gasteiger partial charge is 0.142 e. The van der Waals surface area contributed by atoms with Gasteiger partial charge in [-0.2, -0.15) is 0 Å². The van der Waals surface area contributed by atoms with Crippen LogP contribution in [0.4, 0.5) is 5.82 Å². The Bertz CT molecular complexity index is 359. The monoisotopic (exact) mass is 278 g/mol. The summed E-state index contributed by atoms with van der Waals surface area (Å²) in [7, 11) is 0. The van der Waals surface area contributed by atoms with Crippen LogP contribution in [0.1, 0.15) is 25.2 Å². The molecule has 0 aromatic carbocycles. The highest BCUT2D eigenvalue weighted by Crippen LogP contribution is 2.16. The van der Waals surface area contributed by atoms with Crippen LogP contribution in [0.2, 0.25) is 0 Å². The number of nitrogens with two attached hydrogens (primary N) is 1. The fraction of sp³-hybridized carbons (Fsp3) is 0.636. The van der Waals surface area contributed by atoms with Gasteiger partial charge in [0, 0.05) is 25.4 Å². The molecule has 6 heteroatoms. The Hall–Kier alpha value is -0.580. The summed E-state index contributed by atoms with van der Waals surface area (Å²) in [5.74, 6) is 0.534. The van der Waals surface area contributed by atoms with Crippen molar-refractivity contribution in [3.05, 3.63) is 17.6 Å². The molecule has 1 aliphatic heterocycles. The van der Waals surface area contributed by atoms with E-state index in [9.17, 15) is 0 Å². The third kappa shape index (κ3) is 3.69. The molecule has 1 aliphatic rings. The standard InChI is InChI=1S/C11H18N4.2ClH/c1-3-15-5-4-9-10(6-8(15)2)13-7-11(12)14-9;;/h7-8H,3-6H2,1-2H3,(H2,12,14);2*1H. The molecule has 2 N–H and O–H groups in total. The van der Waals surface area contributed by atoms with Gasteiger partial charge in [0.1, 0.15) is 5.82 Å². The lowest BCUT2D eigenvalue weighted by atomic mass is 10.1. The van der Waals surface area contributed by atoms with Gasteiger partial charge in [-0.05, 0) is 13.5 Å². The minimum absolute atomic E-state index is 0. The van der Waals surface area contributed by atoms with Crippen LogP contribution in [0.25, 0.3) is 0 Å². The second kappa shape index (κ2) is 6.99. The molecule has 17 heavy (non-hydrogen) atoms. The Morgan fingerprint density at radius 3 is 2.76 bits per heavy atom. The van der Waals surface area contributed by atoms with E-state index in [-0.39, 0.29) is 24.8 Å². The third-order valence-corrected chi connectivity index (χ3v) is 3.10. The Morgan fingerprint density at radius 1 is 1.41 bits per heavy atom. The first-order valence-electron chi connectivity index (χ1n) is 5.55. The Labute approximate surface area is 115 Å². The van der Waals surface area contributed by atoms with Crippen molar-refractivity contribution in [3.8, 4) is 0 Å². The van der Waals surface area contributed by atoms with Gasteiger partial charge in [-0.15, -0.1) is 24.8 Å². The van der Waals surface area contributed by atoms with Gasteiger partial charge < -0.3 is 10.6 Å². The number of nitrogens with zero attached hydrogens (tertiary/aromatic N) is 3. The zero-order valence-electron chi connectivity index (χ0n) is 10.2. The van der Waals surface area contributed by atoms with Crippen LogP contribution in [0.3, 0.4) is 0 Å². The second-order valence-corrected chi connectivity index (χ2v) is 4.12. The van der Waals surface area contributed by atoms with Gasteiger partial charge in [0.05, 0.1) is 17.6 Å². The SMILES string of the molecule is CCN1CCc2nc(N)cnc2CC1C.Cl.Cl. The molecule has 0 aliphatic carbocycles. The predicted octanol–water partition coefficient (Wildman–Crippen LogP) is 1.71. The lowest BCUT2D eigenvalue weighted by Crippen LogP contribution is -2.34. The average Bonchev–Trinajstić information content (AvgIpc) is 2.36. The summed E-state index contributed by atoms with van der Waals surface area (Å²) in [5, 5.41) is 0. The zero-order valence-corrected chi connectivity index (χ0v) is 11.9. The molecular formula is C11H20Cl2N4. The summed E-state index contributed by atoms with van der Waals surface area (Å²) >= 11 is 0. The lowest BCUT2D eigenvalue weighted by Gasteiger charge is -2.24. The number of anilines is 1. The molecule has 98 valence electrons. The van der Waals surface area contributed by atoms with E-state index < -0.39 is 0 Å². The highest BCUT2D eigenvalue weighted by molar-refractivity contribution is 5.85. The van der Waals surface area contributed by atoms with E-state index >= 15 is 0 Å². The van der Waals surface area contributed by atoms with Gasteiger partial charge in [-0.1, -0.05) is 6.92 Å². The maximum atomic E-state index is 5.65. The quantitative estimate of drug-likeness (QED) is 0.850. The summed E-state index contributed by atoms with van der Waals surface area (Å²) < 4.78 is 0. The maximum absolute atomic E-state index is 5.65. The summed E-state index contributed by atoms with van der Waals surface area (Å²) in [5.41, 5.74) is 7.85. The molecule has 0 radical (unpaired) electrons. The van der Waals surface area contributed by atoms with Crippen molar-refractivity contribution in [3.63, 3.8) is 0 Å². The normalized spacial score (nSPS) is 19.5. The maximum Gasteiger partial charge on any atom is 0.142 e. The fourth-order valence-corrected chi connectivity index (χ4v) is 2.19. The molecule has 1 aromatic heterocycles. The summed E-state index contributed by atoms with van der Waals surface area (Å²) in [6.45, 7) is 6.59. The van der Waals surface area contributed by atoms with Gasteiger partial charge in [-0.3, -0.25) is 4.98 Å². The fourth-order valence-electron chi connectivity index (χ4n) is 2.19. The first kappa shape index (κ1) is 16.4. The molecule has 0 amide bonds. The first-order valence-corrected chi connectivity index (χ1v) is 5.55. The first-order chi connectivity index (χ1) is 7.20. The molecule has 0 saturated heterocycles. The van der Waals surface area contributed by atoms with Crippen LogP contribution < -0.4 is 5.73 Å². The van der Waals surface area contributed by atoms with E-state index in [1.54, 1.807) is 6.20 Å². The molecule has 1 unspecified atom stereocenters. The number of hydrogen-bond acceptors (Lipinski definition) is 4. The van der Waals surface area contributed by atoms with Crippen molar-refractivity contribution >= 4 is 30.6 Å². The second-order valence-electron chi connectivity index (χ2n) is 4.12. The average molecular weight is 279 g/mol. The topological polar surface area (TPSA) is 55.0 Å². The van der Waals surface area contributed by atoms with Crippen molar-refractivity contribution in [1.82, 2.24) is 14.9 Å². The van der Waals surface area contributed by atoms with Crippen molar-refractivity contribution in [2.75, 3.05) is 18.8 Å². The van der Waals surface area contributed by atoms with Crippen LogP contribution in [0, 0.1) is 0 Å². The van der Waals surface area contributed by atoms with Gasteiger partial charge in [0.2, 0.25) is 0 Å². The van der Waals surface area contributed by atoms with E-state index in [1.807, 2.05) is 0 Å². The molecule has 0 spiro atoms. The van der Waals surface area contributed by atoms with Gasteiger partial charge in [-0.25, -0.2) is 4.98 Å². The highest BCUT2D eigenvalue weighted by atomic mass is 35.5. The van der Waals surface area contributed by atoms with Crippen LogP contribution in [0.15, 0.2) is 6.20 Å². The number of likely N-dealkylation sites (N-methyl/N-ethyl adjacent to an activating group) is 1. The van der Waals surface area contributed by atoms with E-state index in [0.29, 0.717) is 11.9 Å². The predicted molar refractivity (Wildman–Crippen MR) is 75.1 cm³/mol. The third-order valence-electron chi connectivity index (χ3n) is 3.10. The van der Waals surface area contributed by atoms with Gasteiger partial charge in [0.15, 0.2) is 0 Å². The number of rotatable bonds is 1. The molecule has 2 heterocycles. The van der Waals surface area contributed by atoms with Gasteiger partial charge in [0.25, 0.3) is 0 Å². The molecule has 2 rings (SSSR count). The van der Waals surface area contributed by atoms with Crippen LogP contribution >= 0.6 is 24.8 Å². The lowest BCUT2D eigenvalue weighted by molar-refractivity contribution is 0.227. The van der Waals surface area contributed by atoms with Crippen molar-refractivity contribution in [2.45, 2.75) is 32.7 Å². The Balaban J connectivity index is 0.00000128. The van der Waals surface area contributed by atoms with E-state index in [2.05, 4.69) is 28.7 Å². The molecule has 1 aromatic rings. The minimum Gasteiger partial charge on any atom is -0.382 e. The minimum atomic E-state index is 0. The van der Waals surface area contributed by atoms with E-state index in [4.69, 9.17) is 5.73 Å². The van der Waals surface area contributed by atoms with E-state index in [1.165, 1.54) is 0 Å². The number of aromatic nitrogens is 2. The summed E-state index contributed by atoms with van der Waals surface area (Å²) in [4.78, 5) is 11.2. The highest BCUT2D eigenvalue weighted by Gasteiger charge is 2.20. The Morgan fingerprint density at radius 2 is 2.12 bits per heavy atom. The molecular weight excluding hydrogens is 259 g/mol. The van der Waals surface area contributed by atoms with Gasteiger partial charge >= 0.3 is 0 Å². The number of fused-ring (bicyclic) bond motifs is 1. The Kier molecular flexibility index (Phi) is 6.75. The summed E-state index contributed by atoms with van der Waals surface area (Å²) in [6.07, 6.45) is 3.61. The molecule has 0 bridgehead atoms. The molecule has 1 atom stereocenters. The molecule has 0 saturated carbocycles. The van der Waals surface area contributed by atoms with E-state index in [0.717, 1.165) is 37.3 Å². The molecule has 4 nitrogen and oxygen atoms in total. The number of hydrogen-bond donors (Lipinski definition) is 1. The van der Waals surface area contributed by atoms with Crippen molar-refractivity contribution in [1.29, 1.82) is 0 Å². The number of halogens is 2. The zero-order chi connectivity index (χ0) is 10.8. The summed E-state index contributed by atoms with van der Waals surface area (Å²) in [6, 6.07) is 0.550. The van der Waals surface area contributed by atoms with Crippen molar-refractivity contribution < 1.29 is 0 Å². The van der Waals surface area contributed by atoms with Crippen LogP contribution in [-0.2, 0) is 12.8 Å². The largest absolute Gasteiger partial charge is 0.382 e. The number of nitrogen functional groups attached to an aromatic ring is 1. The van der Waals surface area contributed by atoms with Crippen LogP contribution in [-0.4, -0.2) is 34.0 Å².